The van der Waals surface area contributed by atoms with Gasteiger partial charge in [-0.2, -0.15) is 18.4 Å². The van der Waals surface area contributed by atoms with Gasteiger partial charge in [-0.05, 0) is 42.7 Å². The lowest BCUT2D eigenvalue weighted by Gasteiger charge is -2.36. The summed E-state index contributed by atoms with van der Waals surface area (Å²) in [5.74, 6) is -2.64. The zero-order chi connectivity index (χ0) is 32.4. The molecule has 0 unspecified atom stereocenters. The number of alkyl halides is 1. The Hall–Kier alpha value is -3.67. The van der Waals surface area contributed by atoms with E-state index in [-0.39, 0.29) is 80.7 Å². The maximum Gasteiger partial charge on any atom is 0.316 e. The molecule has 0 radical (unpaired) electrons. The Morgan fingerprint density at radius 1 is 0.911 bits per heavy atom. The van der Waals surface area contributed by atoms with Crippen molar-refractivity contribution in [3.63, 3.8) is 0 Å². The Labute approximate surface area is 258 Å². The van der Waals surface area contributed by atoms with Gasteiger partial charge in [0.2, 0.25) is 25.8 Å². The summed E-state index contributed by atoms with van der Waals surface area (Å²) in [6.45, 7) is -0.215. The molecule has 0 bridgehead atoms. The van der Waals surface area contributed by atoms with Crippen molar-refractivity contribution in [3.05, 3.63) is 76.2 Å². The summed E-state index contributed by atoms with van der Waals surface area (Å²) in [4.78, 5) is 15.5. The van der Waals surface area contributed by atoms with Crippen LogP contribution in [0.3, 0.4) is 0 Å². The molecule has 12 nitrogen and oxygen atoms in total. The van der Waals surface area contributed by atoms with E-state index in [2.05, 4.69) is 5.10 Å². The highest BCUT2D eigenvalue weighted by atomic mass is 32.2. The Balaban J connectivity index is 1.39. The van der Waals surface area contributed by atoms with Crippen LogP contribution in [0.15, 0.2) is 53.5 Å². The monoisotopic (exact) mass is 670 g/mol. The first-order valence-electron chi connectivity index (χ1n) is 14.2. The van der Waals surface area contributed by atoms with Gasteiger partial charge in [0.05, 0.1) is 36.6 Å². The van der Waals surface area contributed by atoms with Crippen LogP contribution in [0, 0.1) is 11.6 Å². The van der Waals surface area contributed by atoms with Gasteiger partial charge in [0.25, 0.3) is 0 Å². The number of piperazine rings is 1. The van der Waals surface area contributed by atoms with Gasteiger partial charge in [-0.15, -0.1) is 0 Å². The summed E-state index contributed by atoms with van der Waals surface area (Å²) in [5, 5.41) is 4.13. The summed E-state index contributed by atoms with van der Waals surface area (Å²) in [6.07, 6.45) is 0.637. The second-order valence-corrected chi connectivity index (χ2v) is 14.9. The average molecular weight is 671 g/mol. The molecule has 2 aliphatic heterocycles. The number of anilines is 2. The third-order valence-electron chi connectivity index (χ3n) is 7.63. The van der Waals surface area contributed by atoms with Crippen LogP contribution in [0.25, 0.3) is 5.69 Å². The number of nitrogens with zero attached hydrogens (tertiary/aromatic N) is 5. The smallest absolute Gasteiger partial charge is 0.316 e. The van der Waals surface area contributed by atoms with E-state index in [9.17, 15) is 34.8 Å². The lowest BCUT2D eigenvalue weighted by Crippen LogP contribution is -2.49. The molecule has 0 amide bonds. The number of hydrogen-bond donors (Lipinski definition) is 1. The minimum atomic E-state index is -3.74. The van der Waals surface area contributed by atoms with E-state index in [0.29, 0.717) is 17.3 Å². The highest BCUT2D eigenvalue weighted by molar-refractivity contribution is 7.89. The molecule has 2 fully saturated rings. The number of nitrogen functional groups attached to an aromatic ring is 1. The van der Waals surface area contributed by atoms with Crippen LogP contribution in [0.2, 0.25) is 0 Å². The quantitative estimate of drug-likeness (QED) is 0.302. The SMILES string of the molecule is Nc1ccc(CS(=O)(=O)N2CCN(c3cnn(-c4cc(F)cc(F)c4)c(=O)c3O[C@@H]3CCN(S(=O)(=O)CCCF)C3)CC2)cc1. The largest absolute Gasteiger partial charge is 0.481 e. The molecule has 244 valence electrons. The molecular weight excluding hydrogens is 637 g/mol. The van der Waals surface area contributed by atoms with Crippen molar-refractivity contribution in [1.82, 2.24) is 18.4 Å². The molecule has 2 saturated heterocycles. The minimum Gasteiger partial charge on any atom is -0.481 e. The summed E-state index contributed by atoms with van der Waals surface area (Å²) in [5.41, 5.74) is 6.00. The molecule has 17 heteroatoms. The van der Waals surface area contributed by atoms with Gasteiger partial charge in [0.1, 0.15) is 23.4 Å². The third kappa shape index (κ3) is 7.59. The molecule has 0 spiro atoms. The average Bonchev–Trinajstić information content (AvgIpc) is 3.47. The molecule has 1 atom stereocenters. The van der Waals surface area contributed by atoms with Crippen molar-refractivity contribution >= 4 is 31.4 Å². The Morgan fingerprint density at radius 2 is 1.58 bits per heavy atom. The highest BCUT2D eigenvalue weighted by Gasteiger charge is 2.35. The maximum absolute atomic E-state index is 14.0. The van der Waals surface area contributed by atoms with Gasteiger partial charge in [-0.3, -0.25) is 9.18 Å². The van der Waals surface area contributed by atoms with Gasteiger partial charge in [-0.1, -0.05) is 12.1 Å². The fraction of sp³-hybridized carbons (Fsp3) is 0.429. The molecule has 5 rings (SSSR count). The number of nitrogens with two attached hydrogens (primary N) is 1. The van der Waals surface area contributed by atoms with E-state index in [1.165, 1.54) is 14.8 Å². The van der Waals surface area contributed by atoms with E-state index in [0.717, 1.165) is 16.8 Å². The van der Waals surface area contributed by atoms with Crippen LogP contribution in [-0.2, 0) is 25.8 Å². The van der Waals surface area contributed by atoms with Crippen LogP contribution in [0.5, 0.6) is 5.75 Å². The zero-order valence-corrected chi connectivity index (χ0v) is 25.8. The first-order chi connectivity index (χ1) is 21.4. The Bertz CT molecular complexity index is 1780. The lowest BCUT2D eigenvalue weighted by atomic mass is 10.2. The van der Waals surface area contributed by atoms with Gasteiger partial charge < -0.3 is 15.4 Å². The van der Waals surface area contributed by atoms with Crippen molar-refractivity contribution in [2.45, 2.75) is 24.7 Å². The fourth-order valence-corrected chi connectivity index (χ4v) is 8.34. The molecule has 3 aromatic rings. The summed E-state index contributed by atoms with van der Waals surface area (Å²) in [7, 11) is -7.41. The molecule has 3 heterocycles. The van der Waals surface area contributed by atoms with Crippen LogP contribution in [-0.4, -0.2) is 93.0 Å². The van der Waals surface area contributed by atoms with Crippen LogP contribution in [0.1, 0.15) is 18.4 Å². The third-order valence-corrected chi connectivity index (χ3v) is 11.4. The number of sulfonamides is 2. The molecule has 0 saturated carbocycles. The number of benzene rings is 2. The van der Waals surface area contributed by atoms with Crippen LogP contribution in [0.4, 0.5) is 24.5 Å². The molecule has 45 heavy (non-hydrogen) atoms. The predicted octanol–water partition coefficient (Wildman–Crippen LogP) is 1.89. The number of rotatable bonds is 11. The first kappa shape index (κ1) is 32.7. The summed E-state index contributed by atoms with van der Waals surface area (Å²) >= 11 is 0. The molecule has 2 N–H and O–H groups in total. The van der Waals surface area contributed by atoms with Crippen LogP contribution < -0.4 is 20.9 Å². The fourth-order valence-electron chi connectivity index (χ4n) is 5.31. The summed E-state index contributed by atoms with van der Waals surface area (Å²) < 4.78 is 101. The maximum atomic E-state index is 14.0. The topological polar surface area (TPSA) is 148 Å². The van der Waals surface area contributed by atoms with E-state index >= 15 is 0 Å². The Kier molecular flexibility index (Phi) is 9.71. The second-order valence-electron chi connectivity index (χ2n) is 10.8. The van der Waals surface area contributed by atoms with Gasteiger partial charge in [0.15, 0.2) is 0 Å². The van der Waals surface area contributed by atoms with E-state index < -0.39 is 50.0 Å². The molecular formula is C28H33F3N6O6S2. The number of aromatic nitrogens is 2. The van der Waals surface area contributed by atoms with Crippen molar-refractivity contribution in [2.75, 3.05) is 62.3 Å². The van der Waals surface area contributed by atoms with Gasteiger partial charge >= 0.3 is 5.56 Å². The van der Waals surface area contributed by atoms with Gasteiger partial charge in [-0.25, -0.2) is 25.6 Å². The number of halogens is 3. The van der Waals surface area contributed by atoms with Crippen molar-refractivity contribution in [2.24, 2.45) is 0 Å². The predicted molar refractivity (Wildman–Crippen MR) is 162 cm³/mol. The van der Waals surface area contributed by atoms with E-state index in [1.807, 2.05) is 0 Å². The van der Waals surface area contributed by atoms with Gasteiger partial charge in [0, 0.05) is 44.5 Å². The van der Waals surface area contributed by atoms with Crippen LogP contribution >= 0.6 is 0 Å². The molecule has 2 aromatic carbocycles. The Morgan fingerprint density at radius 3 is 2.22 bits per heavy atom. The lowest BCUT2D eigenvalue weighted by molar-refractivity contribution is 0.211. The molecule has 0 aliphatic carbocycles. The van der Waals surface area contributed by atoms with Crippen molar-refractivity contribution < 1.29 is 34.7 Å². The minimum absolute atomic E-state index is 0.0818. The molecule has 1 aromatic heterocycles. The highest BCUT2D eigenvalue weighted by Crippen LogP contribution is 2.29. The van der Waals surface area contributed by atoms with E-state index in [4.69, 9.17) is 10.5 Å². The summed E-state index contributed by atoms with van der Waals surface area (Å²) in [6, 6.07) is 9.06. The number of hydrogen-bond acceptors (Lipinski definition) is 9. The zero-order valence-electron chi connectivity index (χ0n) is 24.2. The van der Waals surface area contributed by atoms with Crippen molar-refractivity contribution in [1.29, 1.82) is 0 Å². The second kappa shape index (κ2) is 13.4. The molecule has 2 aliphatic rings. The standard InChI is InChI=1S/C28H33F3N6O6S2/c29-7-1-13-44(39,40)36-8-6-25(18-36)43-27-26(17-33-37(28(27)38)24-15-21(30)14-22(31)16-24)34-9-11-35(12-10-34)45(41,42)19-20-2-4-23(32)5-3-20/h2-5,14-17,25H,1,6-13,18-19,32H2/t25-/m1/s1. The first-order valence-corrected chi connectivity index (χ1v) is 17.4. The normalized spacial score (nSPS) is 18.4. The van der Waals surface area contributed by atoms with Crippen molar-refractivity contribution in [3.8, 4) is 11.4 Å². The van der Waals surface area contributed by atoms with E-state index in [1.54, 1.807) is 29.2 Å². The number of ether oxygens (including phenoxy) is 1.